The number of carbonyl (C=O) groups excluding carboxylic acids is 1. The van der Waals surface area contributed by atoms with Crippen LogP contribution >= 0.6 is 0 Å². The van der Waals surface area contributed by atoms with Gasteiger partial charge in [0.15, 0.2) is 5.70 Å². The number of aryl methyl sites for hydroxylation is 1. The fraction of sp³-hybridized carbons (Fsp3) is 0.0588. The summed E-state index contributed by atoms with van der Waals surface area (Å²) in [6, 6.07) is 13.7. The second kappa shape index (κ2) is 5.32. The van der Waals surface area contributed by atoms with Gasteiger partial charge >= 0.3 is 5.97 Å². The first-order chi connectivity index (χ1) is 10.1. The number of halogens is 1. The Labute approximate surface area is 121 Å². The maximum absolute atomic E-state index is 13.6. The molecule has 0 aliphatic carbocycles. The van der Waals surface area contributed by atoms with Crippen molar-refractivity contribution in [2.75, 3.05) is 0 Å². The van der Waals surface area contributed by atoms with Crippen LogP contribution in [0, 0.1) is 12.7 Å². The summed E-state index contributed by atoms with van der Waals surface area (Å²) in [6.45, 7) is 1.97. The quantitative estimate of drug-likeness (QED) is 0.624. The summed E-state index contributed by atoms with van der Waals surface area (Å²) in [4.78, 5) is 16.0. The van der Waals surface area contributed by atoms with Gasteiger partial charge in [-0.3, -0.25) is 0 Å². The molecule has 0 saturated carbocycles. The predicted octanol–water partition coefficient (Wildman–Crippen LogP) is 3.48. The van der Waals surface area contributed by atoms with Crippen LogP contribution < -0.4 is 0 Å². The highest BCUT2D eigenvalue weighted by Crippen LogP contribution is 2.20. The number of hydrogen-bond acceptors (Lipinski definition) is 3. The first-order valence-corrected chi connectivity index (χ1v) is 6.47. The van der Waals surface area contributed by atoms with E-state index in [1.54, 1.807) is 18.2 Å². The van der Waals surface area contributed by atoms with Crippen molar-refractivity contribution in [3.05, 3.63) is 76.7 Å². The fourth-order valence-corrected chi connectivity index (χ4v) is 1.97. The summed E-state index contributed by atoms with van der Waals surface area (Å²) in [5.74, 6) is -0.742. The number of benzene rings is 2. The molecule has 0 spiro atoms. The van der Waals surface area contributed by atoms with Crippen molar-refractivity contribution in [3.8, 4) is 0 Å². The van der Waals surface area contributed by atoms with Gasteiger partial charge in [0.05, 0.1) is 0 Å². The number of hydrogen-bond donors (Lipinski definition) is 0. The SMILES string of the molecule is Cc1ccc(C2=NC(=Cc3ccccc3F)C(=O)O2)cc1. The molecule has 1 heterocycles. The highest BCUT2D eigenvalue weighted by molar-refractivity contribution is 6.12. The lowest BCUT2D eigenvalue weighted by molar-refractivity contribution is -0.129. The standard InChI is InChI=1S/C17H12FNO2/c1-11-6-8-12(9-7-11)16-19-15(17(20)21-16)10-13-4-2-3-5-14(13)18/h2-10H,1H3. The molecule has 1 aliphatic rings. The smallest absolute Gasteiger partial charge is 0.363 e. The van der Waals surface area contributed by atoms with E-state index < -0.39 is 11.8 Å². The van der Waals surface area contributed by atoms with Gasteiger partial charge < -0.3 is 4.74 Å². The number of aliphatic imine (C=N–C) groups is 1. The molecule has 3 rings (SSSR count). The first-order valence-electron chi connectivity index (χ1n) is 6.47. The normalized spacial score (nSPS) is 16.0. The topological polar surface area (TPSA) is 38.7 Å². The van der Waals surface area contributed by atoms with Crippen molar-refractivity contribution in [1.82, 2.24) is 0 Å². The van der Waals surface area contributed by atoms with Crippen LogP contribution in [-0.4, -0.2) is 11.9 Å². The third-order valence-electron chi connectivity index (χ3n) is 3.12. The summed E-state index contributed by atoms with van der Waals surface area (Å²) in [5, 5.41) is 0. The molecule has 0 aromatic heterocycles. The minimum Gasteiger partial charge on any atom is -0.402 e. The van der Waals surface area contributed by atoms with E-state index in [-0.39, 0.29) is 11.6 Å². The van der Waals surface area contributed by atoms with E-state index in [0.29, 0.717) is 11.1 Å². The van der Waals surface area contributed by atoms with Crippen LogP contribution in [0.3, 0.4) is 0 Å². The highest BCUT2D eigenvalue weighted by Gasteiger charge is 2.24. The van der Waals surface area contributed by atoms with Gasteiger partial charge in [0.1, 0.15) is 5.82 Å². The zero-order valence-corrected chi connectivity index (χ0v) is 11.3. The Kier molecular flexibility index (Phi) is 3.36. The average Bonchev–Trinajstić information content (AvgIpc) is 2.83. The molecule has 21 heavy (non-hydrogen) atoms. The fourth-order valence-electron chi connectivity index (χ4n) is 1.97. The van der Waals surface area contributed by atoms with Crippen molar-refractivity contribution in [3.63, 3.8) is 0 Å². The molecule has 0 radical (unpaired) electrons. The second-order valence-electron chi connectivity index (χ2n) is 4.72. The molecule has 1 aliphatic heterocycles. The van der Waals surface area contributed by atoms with E-state index in [0.717, 1.165) is 5.56 Å². The van der Waals surface area contributed by atoms with Crippen LogP contribution in [0.15, 0.2) is 59.2 Å². The summed E-state index contributed by atoms with van der Waals surface area (Å²) in [6.07, 6.45) is 1.39. The minimum absolute atomic E-state index is 0.0932. The summed E-state index contributed by atoms with van der Waals surface area (Å²) in [7, 11) is 0. The number of carbonyl (C=O) groups is 1. The Morgan fingerprint density at radius 1 is 1.10 bits per heavy atom. The zero-order chi connectivity index (χ0) is 14.8. The molecule has 2 aromatic rings. The van der Waals surface area contributed by atoms with Gasteiger partial charge in [-0.05, 0) is 31.2 Å². The lowest BCUT2D eigenvalue weighted by Gasteiger charge is -1.99. The molecule has 0 N–H and O–H groups in total. The molecule has 4 heteroatoms. The van der Waals surface area contributed by atoms with Gasteiger partial charge in [-0.2, -0.15) is 0 Å². The molecule has 3 nitrogen and oxygen atoms in total. The number of ether oxygens (including phenoxy) is 1. The molecule has 0 amide bonds. The van der Waals surface area contributed by atoms with E-state index in [2.05, 4.69) is 4.99 Å². The molecule has 104 valence electrons. The van der Waals surface area contributed by atoms with Gasteiger partial charge in [0.25, 0.3) is 0 Å². The third-order valence-corrected chi connectivity index (χ3v) is 3.12. The summed E-state index contributed by atoms with van der Waals surface area (Å²) >= 11 is 0. The zero-order valence-electron chi connectivity index (χ0n) is 11.3. The third kappa shape index (κ3) is 2.74. The molecule has 0 atom stereocenters. The van der Waals surface area contributed by atoms with Crippen LogP contribution in [0.2, 0.25) is 0 Å². The van der Waals surface area contributed by atoms with E-state index >= 15 is 0 Å². The molecular weight excluding hydrogens is 269 g/mol. The summed E-state index contributed by atoms with van der Waals surface area (Å²) in [5.41, 5.74) is 2.21. The van der Waals surface area contributed by atoms with Crippen molar-refractivity contribution in [2.45, 2.75) is 6.92 Å². The summed E-state index contributed by atoms with van der Waals surface area (Å²) < 4.78 is 18.7. The van der Waals surface area contributed by atoms with Gasteiger partial charge in [0, 0.05) is 11.1 Å². The van der Waals surface area contributed by atoms with Crippen LogP contribution in [0.4, 0.5) is 4.39 Å². The van der Waals surface area contributed by atoms with Crippen molar-refractivity contribution in [1.29, 1.82) is 0 Å². The van der Waals surface area contributed by atoms with Gasteiger partial charge in [0.2, 0.25) is 5.90 Å². The van der Waals surface area contributed by atoms with E-state index in [1.165, 1.54) is 12.1 Å². The monoisotopic (exact) mass is 281 g/mol. The molecule has 2 aromatic carbocycles. The minimum atomic E-state index is -0.575. The Hall–Kier alpha value is -2.75. The predicted molar refractivity (Wildman–Crippen MR) is 78.2 cm³/mol. The van der Waals surface area contributed by atoms with E-state index in [4.69, 9.17) is 4.74 Å². The van der Waals surface area contributed by atoms with Gasteiger partial charge in [-0.15, -0.1) is 0 Å². The van der Waals surface area contributed by atoms with Crippen molar-refractivity contribution in [2.24, 2.45) is 4.99 Å². The number of nitrogens with zero attached hydrogens (tertiary/aromatic N) is 1. The molecule has 0 bridgehead atoms. The van der Waals surface area contributed by atoms with E-state index in [1.807, 2.05) is 31.2 Å². The van der Waals surface area contributed by atoms with Crippen LogP contribution in [0.25, 0.3) is 6.08 Å². The number of rotatable bonds is 2. The maximum Gasteiger partial charge on any atom is 0.363 e. The van der Waals surface area contributed by atoms with Crippen LogP contribution in [-0.2, 0) is 9.53 Å². The van der Waals surface area contributed by atoms with Crippen molar-refractivity contribution < 1.29 is 13.9 Å². The highest BCUT2D eigenvalue weighted by atomic mass is 19.1. The number of cyclic esters (lactones) is 1. The molecule has 0 saturated heterocycles. The Morgan fingerprint density at radius 2 is 1.81 bits per heavy atom. The second-order valence-corrected chi connectivity index (χ2v) is 4.72. The molecule has 0 unspecified atom stereocenters. The van der Waals surface area contributed by atoms with E-state index in [9.17, 15) is 9.18 Å². The van der Waals surface area contributed by atoms with Crippen LogP contribution in [0.1, 0.15) is 16.7 Å². The average molecular weight is 281 g/mol. The number of esters is 1. The van der Waals surface area contributed by atoms with Crippen molar-refractivity contribution >= 4 is 17.9 Å². The van der Waals surface area contributed by atoms with Gasteiger partial charge in [-0.1, -0.05) is 35.9 Å². The lowest BCUT2D eigenvalue weighted by Crippen LogP contribution is -2.05. The molecular formula is C17H12FNO2. The van der Waals surface area contributed by atoms with Gasteiger partial charge in [-0.25, -0.2) is 14.2 Å². The Balaban J connectivity index is 1.96. The maximum atomic E-state index is 13.6. The molecule has 0 fully saturated rings. The first kappa shape index (κ1) is 13.2. The Morgan fingerprint density at radius 3 is 2.52 bits per heavy atom. The van der Waals surface area contributed by atoms with Crippen LogP contribution in [0.5, 0.6) is 0 Å². The largest absolute Gasteiger partial charge is 0.402 e. The lowest BCUT2D eigenvalue weighted by atomic mass is 10.1. The Bertz CT molecular complexity index is 761.